The van der Waals surface area contributed by atoms with Crippen LogP contribution in [0.3, 0.4) is 0 Å². The summed E-state index contributed by atoms with van der Waals surface area (Å²) in [6.45, 7) is 0.0858. The zero-order valence-electron chi connectivity index (χ0n) is 17.2. The number of hydrogen-bond donors (Lipinski definition) is 1. The highest BCUT2D eigenvalue weighted by Gasteiger charge is 2.15. The van der Waals surface area contributed by atoms with Crippen molar-refractivity contribution in [1.82, 2.24) is 14.9 Å². The molecule has 0 aliphatic heterocycles. The number of thioether (sulfide) groups is 1. The number of carbonyl (C=O) groups excluding carboxylic acids is 1. The molecule has 0 aliphatic rings. The molecule has 0 atom stereocenters. The monoisotopic (exact) mass is 449 g/mol. The van der Waals surface area contributed by atoms with Gasteiger partial charge in [-0.1, -0.05) is 42.1 Å². The fraction of sp³-hybridized carbons (Fsp3) is 0.125. The van der Waals surface area contributed by atoms with Gasteiger partial charge in [-0.25, -0.2) is 9.37 Å². The van der Waals surface area contributed by atoms with Crippen LogP contribution in [-0.2, 0) is 11.3 Å². The molecule has 8 heteroatoms. The largest absolute Gasteiger partial charge is 0.497 e. The molecule has 0 fully saturated rings. The summed E-state index contributed by atoms with van der Waals surface area (Å²) in [5.74, 6) is 0.0271. The van der Waals surface area contributed by atoms with Gasteiger partial charge in [-0.2, -0.15) is 0 Å². The Labute approximate surface area is 188 Å². The molecule has 0 saturated carbocycles. The molecule has 3 aromatic carbocycles. The third-order valence-corrected chi connectivity index (χ3v) is 5.78. The predicted octanol–water partition coefficient (Wildman–Crippen LogP) is 3.94. The Morgan fingerprint density at radius 2 is 1.78 bits per heavy atom. The summed E-state index contributed by atoms with van der Waals surface area (Å²) in [7, 11) is 1.57. The first-order valence-electron chi connectivity index (χ1n) is 9.86. The smallest absolute Gasteiger partial charge is 0.266 e. The van der Waals surface area contributed by atoms with Gasteiger partial charge in [0.15, 0.2) is 5.16 Å². The van der Waals surface area contributed by atoms with Crippen molar-refractivity contribution in [3.05, 3.63) is 94.5 Å². The maximum absolute atomic E-state index is 13.8. The fourth-order valence-electron chi connectivity index (χ4n) is 3.18. The Kier molecular flexibility index (Phi) is 6.51. The number of benzene rings is 3. The van der Waals surface area contributed by atoms with Gasteiger partial charge in [-0.05, 0) is 42.5 Å². The number of halogens is 1. The average molecular weight is 450 g/mol. The van der Waals surface area contributed by atoms with E-state index in [-0.39, 0.29) is 29.6 Å². The van der Waals surface area contributed by atoms with Crippen LogP contribution in [-0.4, -0.2) is 28.3 Å². The number of aromatic nitrogens is 2. The van der Waals surface area contributed by atoms with Crippen LogP contribution in [0, 0.1) is 5.82 Å². The summed E-state index contributed by atoms with van der Waals surface area (Å²) in [4.78, 5) is 30.2. The number of amides is 1. The second kappa shape index (κ2) is 9.65. The maximum Gasteiger partial charge on any atom is 0.266 e. The predicted molar refractivity (Wildman–Crippen MR) is 123 cm³/mol. The Morgan fingerprint density at radius 1 is 1.06 bits per heavy atom. The van der Waals surface area contributed by atoms with E-state index in [9.17, 15) is 14.0 Å². The van der Waals surface area contributed by atoms with Crippen LogP contribution in [0.2, 0.25) is 0 Å². The standard InChI is InChI=1S/C24H20FN3O3S/c1-31-18-12-10-17(11-13-18)28-23(30)19-7-3-5-9-21(19)27-24(28)32-15-22(29)26-14-16-6-2-4-8-20(16)25/h2-13H,14-15H2,1H3,(H,26,29). The van der Waals surface area contributed by atoms with E-state index in [4.69, 9.17) is 4.74 Å². The zero-order valence-corrected chi connectivity index (χ0v) is 18.1. The Bertz CT molecular complexity index is 1320. The minimum absolute atomic E-state index is 0.0232. The van der Waals surface area contributed by atoms with Crippen LogP contribution < -0.4 is 15.6 Å². The molecule has 0 unspecified atom stereocenters. The first kappa shape index (κ1) is 21.6. The third kappa shape index (κ3) is 4.65. The van der Waals surface area contributed by atoms with Crippen molar-refractivity contribution in [2.45, 2.75) is 11.7 Å². The summed E-state index contributed by atoms with van der Waals surface area (Å²) < 4.78 is 20.4. The molecule has 1 amide bonds. The molecule has 0 spiro atoms. The van der Waals surface area contributed by atoms with E-state index >= 15 is 0 Å². The van der Waals surface area contributed by atoms with E-state index in [0.29, 0.717) is 33.1 Å². The van der Waals surface area contributed by atoms with Gasteiger partial charge in [0.05, 0.1) is 29.5 Å². The number of nitrogens with one attached hydrogen (secondary N) is 1. The highest BCUT2D eigenvalue weighted by atomic mass is 32.2. The highest BCUT2D eigenvalue weighted by molar-refractivity contribution is 7.99. The fourth-order valence-corrected chi connectivity index (χ4v) is 4.03. The highest BCUT2D eigenvalue weighted by Crippen LogP contribution is 2.22. The molecule has 0 saturated heterocycles. The topological polar surface area (TPSA) is 73.2 Å². The van der Waals surface area contributed by atoms with E-state index < -0.39 is 0 Å². The van der Waals surface area contributed by atoms with Crippen molar-refractivity contribution in [2.75, 3.05) is 12.9 Å². The summed E-state index contributed by atoms with van der Waals surface area (Å²) in [5.41, 5.74) is 1.35. The SMILES string of the molecule is COc1ccc(-n2c(SCC(=O)NCc3ccccc3F)nc3ccccc3c2=O)cc1. The minimum Gasteiger partial charge on any atom is -0.497 e. The quantitative estimate of drug-likeness (QED) is 0.342. The van der Waals surface area contributed by atoms with Gasteiger partial charge in [-0.15, -0.1) is 0 Å². The lowest BCUT2D eigenvalue weighted by atomic mass is 10.2. The lowest BCUT2D eigenvalue weighted by molar-refractivity contribution is -0.118. The molecule has 0 bridgehead atoms. The van der Waals surface area contributed by atoms with Crippen molar-refractivity contribution < 1.29 is 13.9 Å². The number of rotatable bonds is 7. The first-order chi connectivity index (χ1) is 15.6. The number of ether oxygens (including phenoxy) is 1. The Hall–Kier alpha value is -3.65. The van der Waals surface area contributed by atoms with Crippen molar-refractivity contribution >= 4 is 28.6 Å². The Balaban J connectivity index is 1.60. The molecule has 162 valence electrons. The first-order valence-corrected chi connectivity index (χ1v) is 10.8. The van der Waals surface area contributed by atoms with Gasteiger partial charge in [0.25, 0.3) is 5.56 Å². The van der Waals surface area contributed by atoms with E-state index in [1.807, 2.05) is 6.07 Å². The normalized spacial score (nSPS) is 10.8. The lowest BCUT2D eigenvalue weighted by Crippen LogP contribution is -2.26. The molecular formula is C24H20FN3O3S. The molecule has 0 radical (unpaired) electrons. The number of fused-ring (bicyclic) bond motifs is 1. The number of nitrogens with zero attached hydrogens (tertiary/aromatic N) is 2. The van der Waals surface area contributed by atoms with Crippen LogP contribution in [0.5, 0.6) is 5.75 Å². The number of hydrogen-bond acceptors (Lipinski definition) is 5. The van der Waals surface area contributed by atoms with E-state index in [0.717, 1.165) is 11.8 Å². The van der Waals surface area contributed by atoms with Gasteiger partial charge in [0.2, 0.25) is 5.91 Å². The van der Waals surface area contributed by atoms with Crippen molar-refractivity contribution in [3.8, 4) is 11.4 Å². The van der Waals surface area contributed by atoms with Gasteiger partial charge in [0, 0.05) is 12.1 Å². The molecule has 32 heavy (non-hydrogen) atoms. The second-order valence-electron chi connectivity index (χ2n) is 6.91. The van der Waals surface area contributed by atoms with Gasteiger partial charge in [0.1, 0.15) is 11.6 Å². The summed E-state index contributed by atoms with van der Waals surface area (Å²) in [5, 5.41) is 3.58. The molecule has 1 aromatic heterocycles. The Morgan fingerprint density at radius 3 is 2.53 bits per heavy atom. The van der Waals surface area contributed by atoms with Gasteiger partial charge >= 0.3 is 0 Å². The summed E-state index contributed by atoms with van der Waals surface area (Å²) in [6.07, 6.45) is 0. The van der Waals surface area contributed by atoms with E-state index in [1.54, 1.807) is 67.8 Å². The van der Waals surface area contributed by atoms with Crippen LogP contribution in [0.25, 0.3) is 16.6 Å². The van der Waals surface area contributed by atoms with E-state index in [2.05, 4.69) is 10.3 Å². The van der Waals surface area contributed by atoms with Crippen molar-refractivity contribution in [2.24, 2.45) is 0 Å². The summed E-state index contributed by atoms with van der Waals surface area (Å²) >= 11 is 1.14. The van der Waals surface area contributed by atoms with Crippen LogP contribution >= 0.6 is 11.8 Å². The van der Waals surface area contributed by atoms with Crippen LogP contribution in [0.1, 0.15) is 5.56 Å². The number of para-hydroxylation sites is 1. The molecule has 0 aliphatic carbocycles. The number of methoxy groups -OCH3 is 1. The molecule has 1 N–H and O–H groups in total. The number of carbonyl (C=O) groups is 1. The van der Waals surface area contributed by atoms with E-state index in [1.165, 1.54) is 10.6 Å². The molecule has 1 heterocycles. The molecule has 4 rings (SSSR count). The lowest BCUT2D eigenvalue weighted by Gasteiger charge is -2.14. The van der Waals surface area contributed by atoms with Crippen molar-refractivity contribution in [1.29, 1.82) is 0 Å². The van der Waals surface area contributed by atoms with Gasteiger partial charge < -0.3 is 10.1 Å². The minimum atomic E-state index is -0.370. The molecular weight excluding hydrogens is 429 g/mol. The maximum atomic E-state index is 13.8. The van der Waals surface area contributed by atoms with Crippen LogP contribution in [0.4, 0.5) is 4.39 Å². The molecule has 6 nitrogen and oxygen atoms in total. The van der Waals surface area contributed by atoms with Gasteiger partial charge in [-0.3, -0.25) is 14.2 Å². The summed E-state index contributed by atoms with van der Waals surface area (Å²) in [6, 6.07) is 20.4. The zero-order chi connectivity index (χ0) is 22.5. The molecule has 4 aromatic rings. The van der Waals surface area contributed by atoms with Crippen LogP contribution in [0.15, 0.2) is 82.7 Å². The average Bonchev–Trinajstić information content (AvgIpc) is 2.82. The second-order valence-corrected chi connectivity index (χ2v) is 7.85. The van der Waals surface area contributed by atoms with Crippen molar-refractivity contribution in [3.63, 3.8) is 0 Å². The third-order valence-electron chi connectivity index (χ3n) is 4.84.